The summed E-state index contributed by atoms with van der Waals surface area (Å²) in [5.41, 5.74) is 0. The molecule has 0 saturated heterocycles. The molecule has 6 heteroatoms. The first-order valence-corrected chi connectivity index (χ1v) is 7.43. The van der Waals surface area contributed by atoms with E-state index >= 15 is 0 Å². The zero-order valence-electron chi connectivity index (χ0n) is 10.6. The molecule has 0 fully saturated rings. The molecule has 1 unspecified atom stereocenters. The van der Waals surface area contributed by atoms with Crippen LogP contribution >= 0.6 is 27.3 Å². The highest BCUT2D eigenvalue weighted by molar-refractivity contribution is 9.11. The molecule has 0 spiro atoms. The molecule has 0 aliphatic carbocycles. The maximum absolute atomic E-state index is 11.4. The van der Waals surface area contributed by atoms with Crippen LogP contribution in [0.25, 0.3) is 0 Å². The number of hydrogen-bond donors (Lipinski definition) is 1. The highest BCUT2D eigenvalue weighted by Gasteiger charge is 2.20. The fourth-order valence-corrected chi connectivity index (χ4v) is 3.25. The summed E-state index contributed by atoms with van der Waals surface area (Å²) in [6.07, 6.45) is 0. The lowest BCUT2D eigenvalue weighted by Gasteiger charge is -2.13. The second kappa shape index (κ2) is 6.36. The zero-order chi connectivity index (χ0) is 13.8. The molecular formula is C13H14BrNO3S. The predicted molar refractivity (Wildman–Crippen MR) is 77.6 cm³/mol. The number of thiophene rings is 1. The maximum Gasteiger partial charge on any atom is 0.373 e. The average Bonchev–Trinajstić information content (AvgIpc) is 3.04. The van der Waals surface area contributed by atoms with Gasteiger partial charge in [0.25, 0.3) is 0 Å². The van der Waals surface area contributed by atoms with Gasteiger partial charge in [-0.1, -0.05) is 6.92 Å². The lowest BCUT2D eigenvalue weighted by atomic mass is 10.2. The Kier molecular flexibility index (Phi) is 4.79. The van der Waals surface area contributed by atoms with Crippen LogP contribution in [0.15, 0.2) is 32.5 Å². The highest BCUT2D eigenvalue weighted by atomic mass is 79.9. The second-order valence-corrected chi connectivity index (χ2v) is 6.32. The number of carbonyl (C=O) groups excluding carboxylic acids is 1. The van der Waals surface area contributed by atoms with Gasteiger partial charge in [-0.15, -0.1) is 11.3 Å². The van der Waals surface area contributed by atoms with Crippen LogP contribution in [-0.2, 0) is 4.74 Å². The number of rotatable bonds is 5. The van der Waals surface area contributed by atoms with Crippen molar-refractivity contribution in [3.05, 3.63) is 44.4 Å². The van der Waals surface area contributed by atoms with E-state index in [1.807, 2.05) is 19.1 Å². The summed E-state index contributed by atoms with van der Waals surface area (Å²) in [6.45, 7) is 2.83. The van der Waals surface area contributed by atoms with Gasteiger partial charge in [-0.2, -0.15) is 0 Å². The van der Waals surface area contributed by atoms with E-state index in [1.165, 1.54) is 7.11 Å². The van der Waals surface area contributed by atoms with Crippen molar-refractivity contribution in [2.75, 3.05) is 13.7 Å². The van der Waals surface area contributed by atoms with E-state index in [-0.39, 0.29) is 11.8 Å². The van der Waals surface area contributed by atoms with Gasteiger partial charge in [0.15, 0.2) is 0 Å². The molecule has 2 heterocycles. The molecule has 1 N–H and O–H groups in total. The largest absolute Gasteiger partial charge is 0.463 e. The number of ether oxygens (including phenoxy) is 1. The summed E-state index contributed by atoms with van der Waals surface area (Å²) in [5, 5.41) is 3.34. The van der Waals surface area contributed by atoms with Gasteiger partial charge < -0.3 is 14.5 Å². The Morgan fingerprint density at radius 2 is 2.26 bits per heavy atom. The van der Waals surface area contributed by atoms with Crippen molar-refractivity contribution in [3.8, 4) is 0 Å². The lowest BCUT2D eigenvalue weighted by molar-refractivity contribution is 0.0562. The number of halogens is 1. The minimum absolute atomic E-state index is 0.0558. The Morgan fingerprint density at radius 3 is 2.84 bits per heavy atom. The molecule has 0 aromatic carbocycles. The first-order chi connectivity index (χ1) is 9.15. The summed E-state index contributed by atoms with van der Waals surface area (Å²) in [6, 6.07) is 7.40. The van der Waals surface area contributed by atoms with E-state index in [2.05, 4.69) is 26.0 Å². The SMILES string of the molecule is CCNC(c1ccc(C(=O)OC)o1)c1ccc(Br)s1. The fourth-order valence-electron chi connectivity index (χ4n) is 1.75. The molecule has 0 bridgehead atoms. The van der Waals surface area contributed by atoms with E-state index in [9.17, 15) is 4.79 Å². The third kappa shape index (κ3) is 3.26. The predicted octanol–water partition coefficient (Wildman–Crippen LogP) is 3.59. The summed E-state index contributed by atoms with van der Waals surface area (Å²) in [4.78, 5) is 12.5. The van der Waals surface area contributed by atoms with Crippen LogP contribution in [0.5, 0.6) is 0 Å². The maximum atomic E-state index is 11.4. The van der Waals surface area contributed by atoms with Gasteiger partial charge in [-0.3, -0.25) is 0 Å². The molecule has 0 radical (unpaired) electrons. The number of furan rings is 1. The van der Waals surface area contributed by atoms with Gasteiger partial charge >= 0.3 is 5.97 Å². The van der Waals surface area contributed by atoms with Crippen LogP contribution in [0.3, 0.4) is 0 Å². The first-order valence-electron chi connectivity index (χ1n) is 5.82. The quantitative estimate of drug-likeness (QED) is 0.843. The number of methoxy groups -OCH3 is 1. The van der Waals surface area contributed by atoms with Crippen LogP contribution in [0.2, 0.25) is 0 Å². The van der Waals surface area contributed by atoms with Crippen molar-refractivity contribution in [2.45, 2.75) is 13.0 Å². The number of carbonyl (C=O) groups is 1. The van der Waals surface area contributed by atoms with Gasteiger partial charge in [-0.25, -0.2) is 4.79 Å². The minimum atomic E-state index is -0.464. The number of hydrogen-bond acceptors (Lipinski definition) is 5. The van der Waals surface area contributed by atoms with E-state index < -0.39 is 5.97 Å². The molecule has 2 aromatic heterocycles. The van der Waals surface area contributed by atoms with Gasteiger partial charge in [0, 0.05) is 4.88 Å². The van der Waals surface area contributed by atoms with Crippen molar-refractivity contribution in [2.24, 2.45) is 0 Å². The van der Waals surface area contributed by atoms with Gasteiger partial charge in [0.2, 0.25) is 5.76 Å². The Bertz CT molecular complexity index is 564. The molecule has 0 aliphatic rings. The van der Waals surface area contributed by atoms with Crippen LogP contribution in [0.1, 0.15) is 34.2 Å². The summed E-state index contributed by atoms with van der Waals surface area (Å²) < 4.78 is 11.3. The van der Waals surface area contributed by atoms with Gasteiger partial charge in [0.05, 0.1) is 10.9 Å². The molecule has 1 atom stereocenters. The van der Waals surface area contributed by atoms with Crippen LogP contribution in [0.4, 0.5) is 0 Å². The Hall–Kier alpha value is -1.11. The van der Waals surface area contributed by atoms with Crippen molar-refractivity contribution in [1.29, 1.82) is 0 Å². The van der Waals surface area contributed by atoms with Crippen LogP contribution in [0, 0.1) is 0 Å². The molecule has 2 rings (SSSR count). The van der Waals surface area contributed by atoms with Crippen molar-refractivity contribution >= 4 is 33.2 Å². The van der Waals surface area contributed by atoms with E-state index in [0.29, 0.717) is 5.76 Å². The Balaban J connectivity index is 2.29. The molecular weight excluding hydrogens is 330 g/mol. The molecule has 2 aromatic rings. The van der Waals surface area contributed by atoms with Gasteiger partial charge in [-0.05, 0) is 46.7 Å². The van der Waals surface area contributed by atoms with E-state index in [0.717, 1.165) is 15.2 Å². The molecule has 0 saturated carbocycles. The molecule has 4 nitrogen and oxygen atoms in total. The highest BCUT2D eigenvalue weighted by Crippen LogP contribution is 2.32. The first kappa shape index (κ1) is 14.3. The van der Waals surface area contributed by atoms with E-state index in [1.54, 1.807) is 23.5 Å². The Labute approximate surface area is 123 Å². The second-order valence-electron chi connectivity index (χ2n) is 3.83. The zero-order valence-corrected chi connectivity index (χ0v) is 13.0. The fraction of sp³-hybridized carbons (Fsp3) is 0.308. The van der Waals surface area contributed by atoms with Gasteiger partial charge in [0.1, 0.15) is 11.8 Å². The molecule has 0 aliphatic heterocycles. The van der Waals surface area contributed by atoms with E-state index in [4.69, 9.17) is 4.42 Å². The third-order valence-corrected chi connectivity index (χ3v) is 4.27. The lowest BCUT2D eigenvalue weighted by Crippen LogP contribution is -2.20. The standard InChI is InChI=1S/C13H14BrNO3S/c1-3-15-12(10-6-7-11(14)19-10)8-4-5-9(18-8)13(16)17-2/h4-7,12,15H,3H2,1-2H3. The summed E-state index contributed by atoms with van der Waals surface area (Å²) in [7, 11) is 1.34. The summed E-state index contributed by atoms with van der Waals surface area (Å²) in [5.74, 6) is 0.460. The number of nitrogens with one attached hydrogen (secondary N) is 1. The van der Waals surface area contributed by atoms with Crippen LogP contribution < -0.4 is 5.32 Å². The van der Waals surface area contributed by atoms with Crippen LogP contribution in [-0.4, -0.2) is 19.6 Å². The monoisotopic (exact) mass is 343 g/mol. The summed E-state index contributed by atoms with van der Waals surface area (Å²) >= 11 is 5.08. The van der Waals surface area contributed by atoms with Crippen molar-refractivity contribution < 1.29 is 13.9 Å². The number of esters is 1. The van der Waals surface area contributed by atoms with Crippen molar-refractivity contribution in [3.63, 3.8) is 0 Å². The molecule has 0 amide bonds. The minimum Gasteiger partial charge on any atom is -0.463 e. The smallest absolute Gasteiger partial charge is 0.373 e. The topological polar surface area (TPSA) is 51.5 Å². The molecule has 102 valence electrons. The third-order valence-electron chi connectivity index (χ3n) is 2.58. The Morgan fingerprint density at radius 1 is 1.47 bits per heavy atom. The van der Waals surface area contributed by atoms with Crippen molar-refractivity contribution in [1.82, 2.24) is 5.32 Å². The molecule has 19 heavy (non-hydrogen) atoms. The normalized spacial score (nSPS) is 12.4. The average molecular weight is 344 g/mol.